The zero-order valence-corrected chi connectivity index (χ0v) is 17.4. The molecule has 0 N–H and O–H groups in total. The largest absolute Gasteiger partial charge is 0.497 e. The fourth-order valence-corrected chi connectivity index (χ4v) is 5.81. The molecule has 0 aliphatic carbocycles. The van der Waals surface area contributed by atoms with E-state index in [2.05, 4.69) is 0 Å². The van der Waals surface area contributed by atoms with E-state index in [1.807, 2.05) is 42.5 Å². The number of para-hydroxylation sites is 1. The number of hydrogen-bond acceptors (Lipinski definition) is 4. The second kappa shape index (κ2) is 6.36. The summed E-state index contributed by atoms with van der Waals surface area (Å²) in [4.78, 5) is 0.238. The first-order valence-corrected chi connectivity index (χ1v) is 11.3. The first kappa shape index (κ1) is 18.0. The van der Waals surface area contributed by atoms with Crippen molar-refractivity contribution in [1.29, 1.82) is 0 Å². The van der Waals surface area contributed by atoms with Crippen molar-refractivity contribution < 1.29 is 17.6 Å². The van der Waals surface area contributed by atoms with Crippen LogP contribution in [0.3, 0.4) is 0 Å². The summed E-state index contributed by atoms with van der Waals surface area (Å²) in [5, 5.41) is 3.41. The quantitative estimate of drug-likeness (QED) is 0.351. The zero-order valence-electron chi connectivity index (χ0n) is 16.6. The molecule has 0 bridgehead atoms. The summed E-state index contributed by atoms with van der Waals surface area (Å²) in [7, 11) is -2.23. The average Bonchev–Trinajstić information content (AvgIpc) is 3.32. The summed E-state index contributed by atoms with van der Waals surface area (Å²) >= 11 is 0. The standard InChI is InChI=1S/C25H17NO4S/c1-29-16-11-12-22-19(13-16)20-15-25-21(18-9-5-6-10-24(18)30-25)14-23(20)26(22)31(27,28)17-7-3-2-4-8-17/h2-15H,1H3. The number of methoxy groups -OCH3 is 1. The highest BCUT2D eigenvalue weighted by Crippen LogP contribution is 2.39. The van der Waals surface area contributed by atoms with E-state index in [9.17, 15) is 8.42 Å². The van der Waals surface area contributed by atoms with E-state index >= 15 is 0 Å². The molecular weight excluding hydrogens is 410 g/mol. The molecule has 6 rings (SSSR count). The van der Waals surface area contributed by atoms with E-state index in [1.54, 1.807) is 49.6 Å². The highest BCUT2D eigenvalue weighted by atomic mass is 32.2. The lowest BCUT2D eigenvalue weighted by Crippen LogP contribution is -2.12. The lowest BCUT2D eigenvalue weighted by Gasteiger charge is -2.09. The lowest BCUT2D eigenvalue weighted by atomic mass is 10.1. The third-order valence-corrected chi connectivity index (χ3v) is 7.45. The SMILES string of the molecule is COc1ccc2c(c1)c1cc3oc4ccccc4c3cc1n2S(=O)(=O)c1ccccc1. The maximum Gasteiger partial charge on any atom is 0.268 e. The van der Waals surface area contributed by atoms with Gasteiger partial charge in [-0.05, 0) is 48.5 Å². The molecule has 0 radical (unpaired) electrons. The Hall–Kier alpha value is -3.77. The van der Waals surface area contributed by atoms with Gasteiger partial charge in [-0.15, -0.1) is 0 Å². The van der Waals surface area contributed by atoms with Gasteiger partial charge in [0, 0.05) is 21.5 Å². The number of nitrogens with zero attached hydrogens (tertiary/aromatic N) is 1. The van der Waals surface area contributed by atoms with Crippen LogP contribution in [0.2, 0.25) is 0 Å². The smallest absolute Gasteiger partial charge is 0.268 e. The molecule has 0 unspecified atom stereocenters. The average molecular weight is 427 g/mol. The van der Waals surface area contributed by atoms with Crippen molar-refractivity contribution in [1.82, 2.24) is 3.97 Å². The Balaban J connectivity index is 1.82. The monoisotopic (exact) mass is 427 g/mol. The van der Waals surface area contributed by atoms with Crippen LogP contribution in [0.1, 0.15) is 0 Å². The molecule has 0 amide bonds. The molecule has 2 aromatic heterocycles. The van der Waals surface area contributed by atoms with Gasteiger partial charge in [0.1, 0.15) is 16.9 Å². The summed E-state index contributed by atoms with van der Waals surface area (Å²) in [6, 6.07) is 25.5. The van der Waals surface area contributed by atoms with Crippen molar-refractivity contribution in [2.45, 2.75) is 4.90 Å². The maximum absolute atomic E-state index is 13.7. The van der Waals surface area contributed by atoms with E-state index in [0.717, 1.165) is 27.1 Å². The molecule has 152 valence electrons. The molecule has 0 aliphatic rings. The Morgan fingerprint density at radius 3 is 2.26 bits per heavy atom. The number of fused-ring (bicyclic) bond motifs is 6. The second-order valence-corrected chi connectivity index (χ2v) is 9.22. The summed E-state index contributed by atoms with van der Waals surface area (Å²) < 4.78 is 40.3. The van der Waals surface area contributed by atoms with Gasteiger partial charge in [0.15, 0.2) is 0 Å². The predicted octanol–water partition coefficient (Wildman–Crippen LogP) is 5.94. The van der Waals surface area contributed by atoms with Gasteiger partial charge in [-0.25, -0.2) is 12.4 Å². The van der Waals surface area contributed by atoms with Crippen LogP contribution in [0.25, 0.3) is 43.7 Å². The molecule has 5 nitrogen and oxygen atoms in total. The van der Waals surface area contributed by atoms with Crippen LogP contribution in [-0.4, -0.2) is 19.5 Å². The highest BCUT2D eigenvalue weighted by molar-refractivity contribution is 7.90. The normalized spacial score (nSPS) is 12.3. The number of ether oxygens (including phenoxy) is 1. The number of benzene rings is 4. The van der Waals surface area contributed by atoms with Crippen molar-refractivity contribution in [2.24, 2.45) is 0 Å². The molecule has 31 heavy (non-hydrogen) atoms. The van der Waals surface area contributed by atoms with Crippen LogP contribution < -0.4 is 4.74 Å². The van der Waals surface area contributed by atoms with Gasteiger partial charge in [-0.3, -0.25) is 0 Å². The second-order valence-electron chi connectivity index (χ2n) is 7.43. The van der Waals surface area contributed by atoms with Crippen LogP contribution in [-0.2, 0) is 10.0 Å². The predicted molar refractivity (Wildman–Crippen MR) is 122 cm³/mol. The van der Waals surface area contributed by atoms with Gasteiger partial charge in [0.2, 0.25) is 0 Å². The third kappa shape index (κ3) is 2.52. The van der Waals surface area contributed by atoms with Crippen molar-refractivity contribution in [3.05, 3.63) is 84.9 Å². The van der Waals surface area contributed by atoms with Crippen LogP contribution in [0.5, 0.6) is 5.75 Å². The van der Waals surface area contributed by atoms with Crippen LogP contribution in [0.4, 0.5) is 0 Å². The van der Waals surface area contributed by atoms with Crippen LogP contribution in [0.15, 0.2) is 94.2 Å². The summed E-state index contributed by atoms with van der Waals surface area (Å²) in [5.74, 6) is 0.661. The van der Waals surface area contributed by atoms with Crippen molar-refractivity contribution in [3.63, 3.8) is 0 Å². The van der Waals surface area contributed by atoms with E-state index in [-0.39, 0.29) is 4.90 Å². The Bertz CT molecular complexity index is 1730. The molecule has 0 spiro atoms. The molecule has 6 aromatic rings. The Morgan fingerprint density at radius 2 is 1.45 bits per heavy atom. The Labute approximate surface area is 178 Å². The molecule has 0 fully saturated rings. The van der Waals surface area contributed by atoms with Crippen molar-refractivity contribution in [2.75, 3.05) is 7.11 Å². The zero-order chi connectivity index (χ0) is 21.2. The van der Waals surface area contributed by atoms with Crippen molar-refractivity contribution in [3.8, 4) is 5.75 Å². The number of aromatic nitrogens is 1. The molecule has 6 heteroatoms. The van der Waals surface area contributed by atoms with Crippen LogP contribution >= 0.6 is 0 Å². The minimum Gasteiger partial charge on any atom is -0.497 e. The minimum absolute atomic E-state index is 0.238. The summed E-state index contributed by atoms with van der Waals surface area (Å²) in [6.07, 6.45) is 0. The fraction of sp³-hybridized carbons (Fsp3) is 0.0400. The molecule has 2 heterocycles. The maximum atomic E-state index is 13.7. The van der Waals surface area contributed by atoms with E-state index in [0.29, 0.717) is 22.4 Å². The first-order valence-electron chi connectivity index (χ1n) is 9.82. The minimum atomic E-state index is -3.83. The van der Waals surface area contributed by atoms with Crippen LogP contribution in [0, 0.1) is 0 Å². The van der Waals surface area contributed by atoms with E-state index in [4.69, 9.17) is 9.15 Å². The highest BCUT2D eigenvalue weighted by Gasteiger charge is 2.24. The van der Waals surface area contributed by atoms with Gasteiger partial charge >= 0.3 is 0 Å². The van der Waals surface area contributed by atoms with Gasteiger partial charge in [0.25, 0.3) is 10.0 Å². The van der Waals surface area contributed by atoms with E-state index < -0.39 is 10.0 Å². The number of rotatable bonds is 3. The topological polar surface area (TPSA) is 61.4 Å². The lowest BCUT2D eigenvalue weighted by molar-refractivity contribution is 0.415. The van der Waals surface area contributed by atoms with Gasteiger partial charge in [0.05, 0.1) is 23.0 Å². The molecule has 0 atom stereocenters. The Kier molecular flexibility index (Phi) is 3.70. The molecule has 0 saturated heterocycles. The van der Waals surface area contributed by atoms with Gasteiger partial charge < -0.3 is 9.15 Å². The third-order valence-electron chi connectivity index (χ3n) is 5.71. The van der Waals surface area contributed by atoms with E-state index in [1.165, 1.54) is 3.97 Å². The fourth-order valence-electron chi connectivity index (χ4n) is 4.27. The summed E-state index contributed by atoms with van der Waals surface area (Å²) in [5.41, 5.74) is 2.68. The Morgan fingerprint density at radius 1 is 0.710 bits per heavy atom. The molecular formula is C25H17NO4S. The first-order chi connectivity index (χ1) is 15.1. The van der Waals surface area contributed by atoms with Gasteiger partial charge in [-0.2, -0.15) is 0 Å². The molecule has 0 aliphatic heterocycles. The van der Waals surface area contributed by atoms with Gasteiger partial charge in [-0.1, -0.05) is 36.4 Å². The number of hydrogen-bond donors (Lipinski definition) is 0. The number of furan rings is 1. The molecule has 4 aromatic carbocycles. The summed E-state index contributed by atoms with van der Waals surface area (Å²) in [6.45, 7) is 0. The molecule has 0 saturated carbocycles. The van der Waals surface area contributed by atoms with Crippen molar-refractivity contribution >= 4 is 53.8 Å².